The Morgan fingerprint density at radius 3 is 2.80 bits per heavy atom. The monoisotopic (exact) mass is 280 g/mol. The van der Waals surface area contributed by atoms with Crippen molar-refractivity contribution in [2.24, 2.45) is 0 Å². The average Bonchev–Trinajstić information content (AvgIpc) is 2.48. The van der Waals surface area contributed by atoms with E-state index in [0.717, 1.165) is 31.6 Å². The number of benzene rings is 1. The molecule has 6 heteroatoms. The molecule has 20 heavy (non-hydrogen) atoms. The van der Waals surface area contributed by atoms with Crippen LogP contribution in [0.1, 0.15) is 19.8 Å². The van der Waals surface area contributed by atoms with Crippen molar-refractivity contribution >= 4 is 11.4 Å². The van der Waals surface area contributed by atoms with Crippen molar-refractivity contribution in [1.82, 2.24) is 0 Å². The lowest BCUT2D eigenvalue weighted by atomic mass is 10.2. The number of nitro groups is 1. The normalized spacial score (nSPS) is 15.2. The number of nitro benzene ring substituents is 1. The van der Waals surface area contributed by atoms with E-state index in [1.807, 2.05) is 0 Å². The third kappa shape index (κ3) is 3.60. The highest BCUT2D eigenvalue weighted by Gasteiger charge is 2.18. The van der Waals surface area contributed by atoms with Gasteiger partial charge in [-0.3, -0.25) is 10.1 Å². The maximum Gasteiger partial charge on any atom is 0.273 e. The van der Waals surface area contributed by atoms with E-state index >= 15 is 0 Å². The van der Waals surface area contributed by atoms with Crippen LogP contribution in [0.2, 0.25) is 0 Å². The molecule has 1 aliphatic rings. The quantitative estimate of drug-likeness (QED) is 0.455. The van der Waals surface area contributed by atoms with Gasteiger partial charge >= 0.3 is 0 Å². The fourth-order valence-corrected chi connectivity index (χ4v) is 2.12. The molecule has 0 N–H and O–H groups in total. The predicted octanol–water partition coefficient (Wildman–Crippen LogP) is 2.61. The van der Waals surface area contributed by atoms with Gasteiger partial charge in [0, 0.05) is 19.2 Å². The lowest BCUT2D eigenvalue weighted by Crippen LogP contribution is -2.36. The van der Waals surface area contributed by atoms with Crippen LogP contribution in [-0.4, -0.2) is 37.8 Å². The number of non-ortho nitro benzene ring substituents is 1. The SMILES string of the molecule is CCCCOc1cc([N+](=O)[O-])ccc1N1CCOCC1. The molecule has 0 unspecified atom stereocenters. The first-order chi connectivity index (χ1) is 9.72. The molecule has 1 saturated heterocycles. The Kier molecular flexibility index (Phi) is 5.17. The molecular formula is C14H20N2O4. The van der Waals surface area contributed by atoms with Crippen LogP contribution in [-0.2, 0) is 4.74 Å². The maximum atomic E-state index is 10.9. The van der Waals surface area contributed by atoms with Crippen molar-refractivity contribution in [3.63, 3.8) is 0 Å². The number of rotatable bonds is 6. The summed E-state index contributed by atoms with van der Waals surface area (Å²) < 4.78 is 11.1. The number of morpholine rings is 1. The van der Waals surface area contributed by atoms with E-state index in [1.54, 1.807) is 6.07 Å². The van der Waals surface area contributed by atoms with Gasteiger partial charge in [0.2, 0.25) is 0 Å². The maximum absolute atomic E-state index is 10.9. The number of unbranched alkanes of at least 4 members (excludes halogenated alkanes) is 1. The Morgan fingerprint density at radius 1 is 1.40 bits per heavy atom. The van der Waals surface area contributed by atoms with E-state index < -0.39 is 4.92 Å². The molecule has 0 amide bonds. The van der Waals surface area contributed by atoms with Crippen LogP contribution in [0.25, 0.3) is 0 Å². The van der Waals surface area contributed by atoms with E-state index in [1.165, 1.54) is 12.1 Å². The van der Waals surface area contributed by atoms with Gasteiger partial charge in [-0.25, -0.2) is 0 Å². The molecule has 1 aromatic rings. The Balaban J connectivity index is 2.21. The molecule has 0 spiro atoms. The molecule has 0 aliphatic carbocycles. The van der Waals surface area contributed by atoms with Gasteiger partial charge in [-0.1, -0.05) is 13.3 Å². The van der Waals surface area contributed by atoms with Crippen molar-refractivity contribution in [1.29, 1.82) is 0 Å². The minimum Gasteiger partial charge on any atom is -0.491 e. The largest absolute Gasteiger partial charge is 0.491 e. The first-order valence-electron chi connectivity index (χ1n) is 6.96. The summed E-state index contributed by atoms with van der Waals surface area (Å²) in [7, 11) is 0. The van der Waals surface area contributed by atoms with Gasteiger partial charge in [0.15, 0.2) is 0 Å². The van der Waals surface area contributed by atoms with Crippen molar-refractivity contribution in [2.45, 2.75) is 19.8 Å². The van der Waals surface area contributed by atoms with Crippen LogP contribution in [0.5, 0.6) is 5.75 Å². The Morgan fingerprint density at radius 2 is 2.15 bits per heavy atom. The molecule has 0 aromatic heterocycles. The highest BCUT2D eigenvalue weighted by molar-refractivity contribution is 5.62. The summed E-state index contributed by atoms with van der Waals surface area (Å²) in [6.45, 7) is 5.56. The second-order valence-electron chi connectivity index (χ2n) is 4.71. The average molecular weight is 280 g/mol. The molecule has 0 atom stereocenters. The van der Waals surface area contributed by atoms with Gasteiger partial charge in [-0.15, -0.1) is 0 Å². The summed E-state index contributed by atoms with van der Waals surface area (Å²) in [5.74, 6) is 0.592. The first kappa shape index (κ1) is 14.6. The van der Waals surface area contributed by atoms with E-state index in [2.05, 4.69) is 11.8 Å². The standard InChI is InChI=1S/C14H20N2O4/c1-2-3-8-20-14-11-12(16(17)18)4-5-13(14)15-6-9-19-10-7-15/h4-5,11H,2-3,6-10H2,1H3. The minimum absolute atomic E-state index is 0.0634. The molecule has 0 bridgehead atoms. The molecule has 1 heterocycles. The Bertz CT molecular complexity index is 458. The lowest BCUT2D eigenvalue weighted by Gasteiger charge is -2.30. The predicted molar refractivity (Wildman–Crippen MR) is 76.5 cm³/mol. The second kappa shape index (κ2) is 7.09. The van der Waals surface area contributed by atoms with Crippen LogP contribution in [0.3, 0.4) is 0 Å². The highest BCUT2D eigenvalue weighted by atomic mass is 16.6. The Hall–Kier alpha value is -1.82. The van der Waals surface area contributed by atoms with Gasteiger partial charge in [0.25, 0.3) is 5.69 Å². The van der Waals surface area contributed by atoms with Gasteiger partial charge in [0.05, 0.1) is 36.5 Å². The molecule has 1 aromatic carbocycles. The van der Waals surface area contributed by atoms with E-state index in [9.17, 15) is 10.1 Å². The summed E-state index contributed by atoms with van der Waals surface area (Å²) in [6.07, 6.45) is 1.97. The third-order valence-corrected chi connectivity index (χ3v) is 3.26. The minimum atomic E-state index is -0.393. The molecule has 1 fully saturated rings. The van der Waals surface area contributed by atoms with Crippen LogP contribution >= 0.6 is 0 Å². The lowest BCUT2D eigenvalue weighted by molar-refractivity contribution is -0.384. The first-order valence-corrected chi connectivity index (χ1v) is 6.96. The molecule has 0 radical (unpaired) electrons. The number of hydrogen-bond donors (Lipinski definition) is 0. The molecular weight excluding hydrogens is 260 g/mol. The number of nitrogens with zero attached hydrogens (tertiary/aromatic N) is 2. The topological polar surface area (TPSA) is 64.8 Å². The van der Waals surface area contributed by atoms with Crippen molar-refractivity contribution in [3.8, 4) is 5.75 Å². The second-order valence-corrected chi connectivity index (χ2v) is 4.71. The molecule has 110 valence electrons. The molecule has 0 saturated carbocycles. The van der Waals surface area contributed by atoms with Crippen LogP contribution in [0.15, 0.2) is 18.2 Å². The zero-order valence-electron chi connectivity index (χ0n) is 11.7. The van der Waals surface area contributed by atoms with Crippen molar-refractivity contribution in [2.75, 3.05) is 37.8 Å². The number of ether oxygens (including phenoxy) is 2. The number of hydrogen-bond acceptors (Lipinski definition) is 5. The van der Waals surface area contributed by atoms with Crippen LogP contribution in [0, 0.1) is 10.1 Å². The van der Waals surface area contributed by atoms with E-state index in [4.69, 9.17) is 9.47 Å². The summed E-state index contributed by atoms with van der Waals surface area (Å²) in [6, 6.07) is 4.81. The summed E-state index contributed by atoms with van der Waals surface area (Å²) in [5.41, 5.74) is 0.975. The number of anilines is 1. The molecule has 6 nitrogen and oxygen atoms in total. The van der Waals surface area contributed by atoms with Gasteiger partial charge in [-0.05, 0) is 12.5 Å². The summed E-state index contributed by atoms with van der Waals surface area (Å²) in [4.78, 5) is 12.6. The third-order valence-electron chi connectivity index (χ3n) is 3.26. The highest BCUT2D eigenvalue weighted by Crippen LogP contribution is 2.33. The zero-order valence-corrected chi connectivity index (χ0v) is 11.7. The van der Waals surface area contributed by atoms with Gasteiger partial charge < -0.3 is 14.4 Å². The Labute approximate surface area is 118 Å². The van der Waals surface area contributed by atoms with E-state index in [0.29, 0.717) is 25.6 Å². The van der Waals surface area contributed by atoms with E-state index in [-0.39, 0.29) is 5.69 Å². The molecule has 1 aliphatic heterocycles. The van der Waals surface area contributed by atoms with Gasteiger partial charge in [-0.2, -0.15) is 0 Å². The summed E-state index contributed by atoms with van der Waals surface area (Å²) in [5, 5.41) is 10.9. The van der Waals surface area contributed by atoms with Gasteiger partial charge in [0.1, 0.15) is 5.75 Å². The fraction of sp³-hybridized carbons (Fsp3) is 0.571. The van der Waals surface area contributed by atoms with Crippen molar-refractivity contribution in [3.05, 3.63) is 28.3 Å². The van der Waals surface area contributed by atoms with Crippen molar-refractivity contribution < 1.29 is 14.4 Å². The fourth-order valence-electron chi connectivity index (χ4n) is 2.12. The summed E-state index contributed by atoms with van der Waals surface area (Å²) >= 11 is 0. The van der Waals surface area contributed by atoms with Crippen LogP contribution < -0.4 is 9.64 Å². The molecule has 2 rings (SSSR count). The zero-order chi connectivity index (χ0) is 14.4. The van der Waals surface area contributed by atoms with Crippen LogP contribution in [0.4, 0.5) is 11.4 Å². The smallest absolute Gasteiger partial charge is 0.273 e.